The molecule has 0 spiro atoms. The van der Waals surface area contributed by atoms with Gasteiger partial charge >= 0.3 is 6.09 Å². The molecule has 8 nitrogen and oxygen atoms in total. The van der Waals surface area contributed by atoms with Gasteiger partial charge in [0, 0.05) is 26.7 Å². The zero-order chi connectivity index (χ0) is 22.9. The van der Waals surface area contributed by atoms with Crippen molar-refractivity contribution < 1.29 is 19.0 Å². The highest BCUT2D eigenvalue weighted by Gasteiger charge is 2.26. The predicted molar refractivity (Wildman–Crippen MR) is 138 cm³/mol. The van der Waals surface area contributed by atoms with E-state index in [0.29, 0.717) is 12.5 Å². The molecule has 0 saturated carbocycles. The summed E-state index contributed by atoms with van der Waals surface area (Å²) in [6.45, 7) is 10.5. The number of ether oxygens (including phenoxy) is 3. The Bertz CT molecular complexity index is 731. The van der Waals surface area contributed by atoms with E-state index < -0.39 is 5.60 Å². The number of halogens is 1. The molecule has 2 rings (SSSR count). The number of nitrogens with one attached hydrogen (secondary N) is 2. The summed E-state index contributed by atoms with van der Waals surface area (Å²) in [4.78, 5) is 18.3. The predicted octanol–water partition coefficient (Wildman–Crippen LogP) is 3.89. The minimum Gasteiger partial charge on any atom is -0.493 e. The van der Waals surface area contributed by atoms with Gasteiger partial charge in [0.1, 0.15) is 11.7 Å². The monoisotopic (exact) mass is 562 g/mol. The lowest BCUT2D eigenvalue weighted by Gasteiger charge is -2.33. The maximum atomic E-state index is 12.2. The molecule has 1 heterocycles. The van der Waals surface area contributed by atoms with E-state index in [-0.39, 0.29) is 36.2 Å². The summed E-state index contributed by atoms with van der Waals surface area (Å²) in [5, 5.41) is 6.69. The second-order valence-electron chi connectivity index (χ2n) is 8.82. The van der Waals surface area contributed by atoms with Crippen molar-refractivity contribution in [1.82, 2.24) is 15.5 Å². The quantitative estimate of drug-likeness (QED) is 0.298. The molecule has 32 heavy (non-hydrogen) atoms. The van der Waals surface area contributed by atoms with Gasteiger partial charge < -0.3 is 29.7 Å². The highest BCUT2D eigenvalue weighted by Crippen LogP contribution is 2.26. The molecule has 1 fully saturated rings. The van der Waals surface area contributed by atoms with Crippen LogP contribution in [-0.4, -0.2) is 69.0 Å². The van der Waals surface area contributed by atoms with E-state index in [9.17, 15) is 4.79 Å². The SMILES string of the molecule is CN=C(NCC1CCN(C(=O)OC(C)(C)C)CC1)NCC(C)Oc1ccccc1OC.I. The molecule has 1 aliphatic rings. The number of methoxy groups -OCH3 is 1. The number of carbonyl (C=O) groups excluding carboxylic acids is 1. The lowest BCUT2D eigenvalue weighted by Crippen LogP contribution is -2.46. The van der Waals surface area contributed by atoms with Crippen LogP contribution in [0.4, 0.5) is 4.79 Å². The van der Waals surface area contributed by atoms with Gasteiger partial charge in [-0.3, -0.25) is 4.99 Å². The van der Waals surface area contributed by atoms with Crippen LogP contribution in [0.25, 0.3) is 0 Å². The van der Waals surface area contributed by atoms with E-state index in [1.165, 1.54) is 0 Å². The first kappa shape index (κ1) is 28.1. The number of hydrogen-bond donors (Lipinski definition) is 2. The molecule has 1 aromatic rings. The molecule has 0 bridgehead atoms. The van der Waals surface area contributed by atoms with Gasteiger partial charge in [-0.1, -0.05) is 12.1 Å². The number of nitrogens with zero attached hydrogens (tertiary/aromatic N) is 2. The Kier molecular flexibility index (Phi) is 11.9. The van der Waals surface area contributed by atoms with Gasteiger partial charge in [-0.15, -0.1) is 24.0 Å². The lowest BCUT2D eigenvalue weighted by atomic mass is 9.97. The molecule has 9 heteroatoms. The number of carbonyl (C=O) groups is 1. The molecule has 1 atom stereocenters. The summed E-state index contributed by atoms with van der Waals surface area (Å²) in [6.07, 6.45) is 1.60. The topological polar surface area (TPSA) is 84.4 Å². The normalized spacial score (nSPS) is 15.9. The third-order valence-corrected chi connectivity index (χ3v) is 5.00. The zero-order valence-electron chi connectivity index (χ0n) is 20.1. The van der Waals surface area contributed by atoms with Crippen molar-refractivity contribution in [3.05, 3.63) is 24.3 Å². The van der Waals surface area contributed by atoms with Crippen molar-refractivity contribution in [3.63, 3.8) is 0 Å². The van der Waals surface area contributed by atoms with Gasteiger partial charge in [0.25, 0.3) is 0 Å². The van der Waals surface area contributed by atoms with Crippen LogP contribution in [0.2, 0.25) is 0 Å². The number of benzene rings is 1. The number of amides is 1. The van der Waals surface area contributed by atoms with Crippen LogP contribution >= 0.6 is 24.0 Å². The van der Waals surface area contributed by atoms with Crippen molar-refractivity contribution in [2.24, 2.45) is 10.9 Å². The second-order valence-corrected chi connectivity index (χ2v) is 8.82. The standard InChI is InChI=1S/C23H38N4O4.HI/c1-17(30-20-10-8-7-9-19(20)29-6)15-25-21(24-5)26-16-18-11-13-27(14-12-18)22(28)31-23(2,3)4;/h7-10,17-18H,11-16H2,1-6H3,(H2,24,25,26);1H. The van der Waals surface area contributed by atoms with E-state index in [4.69, 9.17) is 14.2 Å². The van der Waals surface area contributed by atoms with Gasteiger partial charge in [0.2, 0.25) is 0 Å². The van der Waals surface area contributed by atoms with Crippen LogP contribution in [-0.2, 0) is 4.74 Å². The second kappa shape index (κ2) is 13.6. The van der Waals surface area contributed by atoms with Crippen LogP contribution in [0.15, 0.2) is 29.3 Å². The fourth-order valence-electron chi connectivity index (χ4n) is 3.32. The first-order chi connectivity index (χ1) is 14.7. The minimum atomic E-state index is -0.458. The summed E-state index contributed by atoms with van der Waals surface area (Å²) >= 11 is 0. The van der Waals surface area contributed by atoms with E-state index >= 15 is 0 Å². The van der Waals surface area contributed by atoms with Gasteiger partial charge in [-0.05, 0) is 58.6 Å². The van der Waals surface area contributed by atoms with E-state index in [2.05, 4.69) is 15.6 Å². The third kappa shape index (κ3) is 9.70. The van der Waals surface area contributed by atoms with E-state index in [1.807, 2.05) is 52.0 Å². The fraction of sp³-hybridized carbons (Fsp3) is 0.652. The van der Waals surface area contributed by atoms with Crippen molar-refractivity contribution in [2.75, 3.05) is 40.3 Å². The van der Waals surface area contributed by atoms with Crippen LogP contribution in [0.1, 0.15) is 40.5 Å². The van der Waals surface area contributed by atoms with Crippen molar-refractivity contribution in [2.45, 2.75) is 52.2 Å². The molecule has 0 radical (unpaired) electrons. The summed E-state index contributed by atoms with van der Waals surface area (Å²) in [5.74, 6) is 2.66. The Labute approximate surface area is 209 Å². The lowest BCUT2D eigenvalue weighted by molar-refractivity contribution is 0.0185. The summed E-state index contributed by atoms with van der Waals surface area (Å²) in [5.41, 5.74) is -0.458. The third-order valence-electron chi connectivity index (χ3n) is 5.00. The number of aliphatic imine (C=N–C) groups is 1. The summed E-state index contributed by atoms with van der Waals surface area (Å²) < 4.78 is 16.8. The fourth-order valence-corrected chi connectivity index (χ4v) is 3.32. The number of guanidine groups is 1. The van der Waals surface area contributed by atoms with Crippen LogP contribution in [0.5, 0.6) is 11.5 Å². The van der Waals surface area contributed by atoms with E-state index in [1.54, 1.807) is 19.1 Å². The average molecular weight is 562 g/mol. The first-order valence-electron chi connectivity index (χ1n) is 10.9. The maximum Gasteiger partial charge on any atom is 0.410 e. The largest absolute Gasteiger partial charge is 0.493 e. The molecule has 1 saturated heterocycles. The van der Waals surface area contributed by atoms with Crippen LogP contribution in [0, 0.1) is 5.92 Å². The molecule has 182 valence electrons. The number of piperidine rings is 1. The highest BCUT2D eigenvalue weighted by molar-refractivity contribution is 14.0. The summed E-state index contributed by atoms with van der Waals surface area (Å²) in [6, 6.07) is 7.61. The van der Waals surface area contributed by atoms with Gasteiger partial charge in [0.05, 0.1) is 13.7 Å². The Morgan fingerprint density at radius 2 is 1.81 bits per heavy atom. The Morgan fingerprint density at radius 3 is 2.38 bits per heavy atom. The Morgan fingerprint density at radius 1 is 1.19 bits per heavy atom. The maximum absolute atomic E-state index is 12.2. The summed E-state index contributed by atoms with van der Waals surface area (Å²) in [7, 11) is 3.39. The molecule has 1 aromatic carbocycles. The van der Waals surface area contributed by atoms with Crippen LogP contribution in [0.3, 0.4) is 0 Å². The molecular formula is C23H39IN4O4. The molecule has 0 aromatic heterocycles. The highest BCUT2D eigenvalue weighted by atomic mass is 127. The number of hydrogen-bond acceptors (Lipinski definition) is 5. The van der Waals surface area contributed by atoms with Gasteiger partial charge in [-0.2, -0.15) is 0 Å². The molecule has 0 aliphatic carbocycles. The van der Waals surface area contributed by atoms with Gasteiger partial charge in [-0.25, -0.2) is 4.79 Å². The van der Waals surface area contributed by atoms with Crippen molar-refractivity contribution in [1.29, 1.82) is 0 Å². The number of likely N-dealkylation sites (tertiary alicyclic amines) is 1. The molecule has 1 amide bonds. The van der Waals surface area contributed by atoms with Gasteiger partial charge in [0.15, 0.2) is 17.5 Å². The minimum absolute atomic E-state index is 0. The number of para-hydroxylation sites is 2. The Hall–Kier alpha value is -1.91. The smallest absolute Gasteiger partial charge is 0.410 e. The van der Waals surface area contributed by atoms with Crippen LogP contribution < -0.4 is 20.1 Å². The Balaban J connectivity index is 0.00000512. The molecular weight excluding hydrogens is 523 g/mol. The molecule has 2 N–H and O–H groups in total. The average Bonchev–Trinajstić information content (AvgIpc) is 2.73. The van der Waals surface area contributed by atoms with Crippen molar-refractivity contribution in [3.8, 4) is 11.5 Å². The molecule has 1 aliphatic heterocycles. The van der Waals surface area contributed by atoms with E-state index in [0.717, 1.165) is 49.9 Å². The first-order valence-corrected chi connectivity index (χ1v) is 10.9. The molecule has 1 unspecified atom stereocenters. The zero-order valence-corrected chi connectivity index (χ0v) is 22.5. The number of rotatable bonds is 7. The van der Waals surface area contributed by atoms with Crippen molar-refractivity contribution >= 4 is 36.0 Å².